The number of rotatable bonds is 10. The summed E-state index contributed by atoms with van der Waals surface area (Å²) in [7, 11) is 0. The van der Waals surface area contributed by atoms with E-state index in [4.69, 9.17) is 4.74 Å². The molecule has 0 aliphatic heterocycles. The average Bonchev–Trinajstić information content (AvgIpc) is 2.80. The molecule has 1 nitrogen and oxygen atoms in total. The highest BCUT2D eigenvalue weighted by Gasteiger charge is 2.31. The predicted molar refractivity (Wildman–Crippen MR) is 130 cm³/mol. The van der Waals surface area contributed by atoms with Crippen molar-refractivity contribution in [3.63, 3.8) is 0 Å². The maximum atomic E-state index is 5.73. The summed E-state index contributed by atoms with van der Waals surface area (Å²) < 4.78 is 5.73. The normalized spacial score (nSPS) is 27.8. The molecule has 166 valence electrons. The highest BCUT2D eigenvalue weighted by molar-refractivity contribution is 5.25. The van der Waals surface area contributed by atoms with Gasteiger partial charge < -0.3 is 4.74 Å². The Kier molecular flexibility index (Phi) is 10.2. The van der Waals surface area contributed by atoms with Gasteiger partial charge in [0.05, 0.1) is 13.2 Å². The van der Waals surface area contributed by atoms with E-state index in [1.54, 1.807) is 5.56 Å². The van der Waals surface area contributed by atoms with Crippen molar-refractivity contribution in [2.24, 2.45) is 17.8 Å². The molecule has 30 heavy (non-hydrogen) atoms. The lowest BCUT2D eigenvalue weighted by molar-refractivity contribution is 0.148. The van der Waals surface area contributed by atoms with E-state index >= 15 is 0 Å². The smallest absolute Gasteiger partial charge is 0.0721 e. The fourth-order valence-corrected chi connectivity index (χ4v) is 5.74. The van der Waals surface area contributed by atoms with Gasteiger partial charge in [-0.3, -0.25) is 0 Å². The van der Waals surface area contributed by atoms with Crippen LogP contribution in [0.2, 0.25) is 0 Å². The van der Waals surface area contributed by atoms with Gasteiger partial charge in [0.25, 0.3) is 0 Å². The minimum atomic E-state index is 0.720. The van der Waals surface area contributed by atoms with Gasteiger partial charge in [-0.2, -0.15) is 0 Å². The Hall–Kier alpha value is -1.34. The molecule has 0 radical (unpaired) electrons. The molecule has 2 aliphatic carbocycles. The molecule has 0 heterocycles. The minimum absolute atomic E-state index is 0.720. The molecule has 0 bridgehead atoms. The lowest BCUT2D eigenvalue weighted by Gasteiger charge is -2.38. The van der Waals surface area contributed by atoms with E-state index in [0.29, 0.717) is 0 Å². The fraction of sp³-hybridized carbons (Fsp3) is 0.655. The molecule has 0 saturated heterocycles. The number of allylic oxidation sites excluding steroid dienone is 3. The molecule has 0 unspecified atom stereocenters. The van der Waals surface area contributed by atoms with Crippen LogP contribution in [0, 0.1) is 17.8 Å². The summed E-state index contributed by atoms with van der Waals surface area (Å²) in [6, 6.07) is 9.28. The molecule has 1 aromatic rings. The third-order valence-electron chi connectivity index (χ3n) is 7.64. The molecule has 1 heteroatoms. The lowest BCUT2D eigenvalue weighted by atomic mass is 9.68. The Morgan fingerprint density at radius 1 is 0.833 bits per heavy atom. The largest absolute Gasteiger partial charge is 0.373 e. The van der Waals surface area contributed by atoms with Crippen LogP contribution in [-0.4, -0.2) is 6.61 Å². The molecular formula is C29H44O. The molecule has 0 N–H and O–H groups in total. The molecule has 2 saturated carbocycles. The molecule has 0 spiro atoms. The second kappa shape index (κ2) is 13.2. The van der Waals surface area contributed by atoms with Crippen LogP contribution in [-0.2, 0) is 11.3 Å². The first-order valence-electron chi connectivity index (χ1n) is 12.7. The van der Waals surface area contributed by atoms with Gasteiger partial charge in [0.15, 0.2) is 0 Å². The van der Waals surface area contributed by atoms with Gasteiger partial charge >= 0.3 is 0 Å². The number of ether oxygens (including phenoxy) is 1. The van der Waals surface area contributed by atoms with E-state index in [-0.39, 0.29) is 0 Å². The van der Waals surface area contributed by atoms with E-state index in [0.717, 1.165) is 43.3 Å². The zero-order chi connectivity index (χ0) is 21.0. The molecule has 2 aliphatic rings. The molecule has 0 aromatic heterocycles. The highest BCUT2D eigenvalue weighted by atomic mass is 16.5. The number of hydrogen-bond donors (Lipinski definition) is 0. The predicted octanol–water partition coefficient (Wildman–Crippen LogP) is 8.61. The van der Waals surface area contributed by atoms with Crippen LogP contribution in [0.25, 0.3) is 0 Å². The average molecular weight is 409 g/mol. The van der Waals surface area contributed by atoms with E-state index in [1.807, 2.05) is 0 Å². The van der Waals surface area contributed by atoms with E-state index in [9.17, 15) is 0 Å². The quantitative estimate of drug-likeness (QED) is 0.278. The van der Waals surface area contributed by atoms with E-state index in [2.05, 4.69) is 62.4 Å². The van der Waals surface area contributed by atoms with Gasteiger partial charge in [-0.05, 0) is 99.5 Å². The number of hydrogen-bond acceptors (Lipinski definition) is 1. The van der Waals surface area contributed by atoms with Crippen LogP contribution in [0.15, 0.2) is 48.6 Å². The Morgan fingerprint density at radius 3 is 2.13 bits per heavy atom. The maximum Gasteiger partial charge on any atom is 0.0721 e. The third-order valence-corrected chi connectivity index (χ3v) is 7.64. The summed E-state index contributed by atoms with van der Waals surface area (Å²) in [5.41, 5.74) is 2.85. The van der Waals surface area contributed by atoms with Crippen LogP contribution in [0.4, 0.5) is 0 Å². The topological polar surface area (TPSA) is 9.23 Å². The third kappa shape index (κ3) is 7.41. The first kappa shape index (κ1) is 23.3. The van der Waals surface area contributed by atoms with Gasteiger partial charge in [-0.25, -0.2) is 0 Å². The van der Waals surface area contributed by atoms with Gasteiger partial charge in [0, 0.05) is 0 Å². The van der Waals surface area contributed by atoms with Crippen molar-refractivity contribution in [1.82, 2.24) is 0 Å². The summed E-state index contributed by atoms with van der Waals surface area (Å²) in [6.07, 6.45) is 24.3. The molecular weight excluding hydrogens is 364 g/mol. The summed E-state index contributed by atoms with van der Waals surface area (Å²) in [5.74, 6) is 3.80. The second-order valence-corrected chi connectivity index (χ2v) is 9.68. The summed E-state index contributed by atoms with van der Waals surface area (Å²) in [5, 5.41) is 0. The van der Waals surface area contributed by atoms with Crippen molar-refractivity contribution in [1.29, 1.82) is 0 Å². The SMILES string of the molecule is C/C=C/CCC1CCC(C2CCC(c3ccc(COCC=CCC)cc3)CC2)CC1. The van der Waals surface area contributed by atoms with Crippen molar-refractivity contribution in [3.05, 3.63) is 59.7 Å². The molecule has 3 rings (SSSR count). The monoisotopic (exact) mass is 408 g/mol. The van der Waals surface area contributed by atoms with Gasteiger partial charge in [-0.15, -0.1) is 0 Å². The van der Waals surface area contributed by atoms with E-state index < -0.39 is 0 Å². The Bertz CT molecular complexity index is 625. The van der Waals surface area contributed by atoms with Crippen LogP contribution in [0.3, 0.4) is 0 Å². The Balaban J connectivity index is 1.36. The van der Waals surface area contributed by atoms with Gasteiger partial charge in [0.2, 0.25) is 0 Å². The fourth-order valence-electron chi connectivity index (χ4n) is 5.74. The zero-order valence-electron chi connectivity index (χ0n) is 19.5. The Morgan fingerprint density at radius 2 is 1.50 bits per heavy atom. The summed E-state index contributed by atoms with van der Waals surface area (Å²) in [6.45, 7) is 5.74. The second-order valence-electron chi connectivity index (χ2n) is 9.68. The van der Waals surface area contributed by atoms with Gasteiger partial charge in [0.1, 0.15) is 0 Å². The van der Waals surface area contributed by atoms with Crippen molar-refractivity contribution >= 4 is 0 Å². The lowest BCUT2D eigenvalue weighted by Crippen LogP contribution is -2.25. The van der Waals surface area contributed by atoms with Crippen LogP contribution in [0.5, 0.6) is 0 Å². The number of benzene rings is 1. The van der Waals surface area contributed by atoms with Gasteiger partial charge in [-0.1, -0.05) is 68.3 Å². The first-order valence-corrected chi connectivity index (χ1v) is 12.7. The molecule has 2 fully saturated rings. The van der Waals surface area contributed by atoms with Crippen LogP contribution in [0.1, 0.15) is 102 Å². The molecule has 0 atom stereocenters. The first-order chi connectivity index (χ1) is 14.8. The molecule has 1 aromatic carbocycles. The maximum absolute atomic E-state index is 5.73. The van der Waals surface area contributed by atoms with Crippen molar-refractivity contribution in [2.75, 3.05) is 6.61 Å². The van der Waals surface area contributed by atoms with Crippen LogP contribution >= 0.6 is 0 Å². The standard InChI is InChI=1S/C29H44O/c1-3-5-7-9-24-10-14-26(15-11-24)28-18-20-29(21-19-28)27-16-12-25(13-17-27)23-30-22-8-6-4-2/h3,5-6,8,12-13,16-17,24,26,28-29H,4,7,9-11,14-15,18-23H2,1-2H3/b5-3+,8-6?. The Labute approximate surface area is 186 Å². The minimum Gasteiger partial charge on any atom is -0.373 e. The van der Waals surface area contributed by atoms with Crippen molar-refractivity contribution in [3.8, 4) is 0 Å². The summed E-state index contributed by atoms with van der Waals surface area (Å²) in [4.78, 5) is 0. The highest BCUT2D eigenvalue weighted by Crippen LogP contribution is 2.44. The van der Waals surface area contributed by atoms with Crippen LogP contribution < -0.4 is 0 Å². The van der Waals surface area contributed by atoms with Crippen molar-refractivity contribution < 1.29 is 4.74 Å². The zero-order valence-corrected chi connectivity index (χ0v) is 19.5. The van der Waals surface area contributed by atoms with Crippen molar-refractivity contribution in [2.45, 2.75) is 97.0 Å². The van der Waals surface area contributed by atoms with E-state index in [1.165, 1.54) is 69.8 Å². The summed E-state index contributed by atoms with van der Waals surface area (Å²) >= 11 is 0. The molecule has 0 amide bonds.